The van der Waals surface area contributed by atoms with Crippen molar-refractivity contribution in [3.05, 3.63) is 99.1 Å². The molecule has 37 heavy (non-hydrogen) atoms. The van der Waals surface area contributed by atoms with E-state index in [-0.39, 0.29) is 0 Å². The number of hydrogen-bond donors (Lipinski definition) is 0. The zero-order valence-corrected chi connectivity index (χ0v) is 25.2. The standard InChI is InChI=1S/C34H44INO/c1-4-33(28-16-12-11-13-17-28)34(29-18-22-31(35)23-19-29)30-20-24-32(25-21-30)37-27-15-10-8-6-5-7-9-14-26-36(2)3/h11-13,16-25H,4-10,14-15,26-27H2,1-3H3/b34-33-. The highest BCUT2D eigenvalue weighted by atomic mass is 127. The van der Waals surface area contributed by atoms with Crippen LogP contribution in [0.3, 0.4) is 0 Å². The van der Waals surface area contributed by atoms with Crippen LogP contribution >= 0.6 is 22.6 Å². The highest BCUT2D eigenvalue weighted by Crippen LogP contribution is 2.35. The molecule has 0 saturated heterocycles. The minimum Gasteiger partial charge on any atom is -0.494 e. The number of unbranched alkanes of at least 4 members (excludes halogenated alkanes) is 7. The molecule has 0 N–H and O–H groups in total. The van der Waals surface area contributed by atoms with Gasteiger partial charge in [0.2, 0.25) is 0 Å². The minimum atomic E-state index is 0.798. The molecule has 0 aliphatic heterocycles. The molecule has 3 heteroatoms. The maximum Gasteiger partial charge on any atom is 0.119 e. The number of nitrogens with zero attached hydrogens (tertiary/aromatic N) is 1. The molecule has 0 spiro atoms. The van der Waals surface area contributed by atoms with E-state index >= 15 is 0 Å². The SMILES string of the molecule is CC/C(=C(\c1ccc(I)cc1)c1ccc(OCCCCCCCCCCN(C)C)cc1)c1ccccc1. The Morgan fingerprint density at radius 2 is 1.19 bits per heavy atom. The summed E-state index contributed by atoms with van der Waals surface area (Å²) in [6.45, 7) is 4.26. The summed E-state index contributed by atoms with van der Waals surface area (Å²) >= 11 is 2.37. The fourth-order valence-corrected chi connectivity index (χ4v) is 5.15. The Balaban J connectivity index is 1.54. The first kappa shape index (κ1) is 29.4. The van der Waals surface area contributed by atoms with Crippen LogP contribution in [0.1, 0.15) is 81.4 Å². The zero-order chi connectivity index (χ0) is 26.3. The molecule has 0 amide bonds. The van der Waals surface area contributed by atoms with Crippen molar-refractivity contribution in [1.29, 1.82) is 0 Å². The summed E-state index contributed by atoms with van der Waals surface area (Å²) in [5.41, 5.74) is 6.45. The Kier molecular flexibility index (Phi) is 13.3. The van der Waals surface area contributed by atoms with Crippen molar-refractivity contribution in [2.24, 2.45) is 0 Å². The number of rotatable bonds is 16. The van der Waals surface area contributed by atoms with Crippen LogP contribution in [0.2, 0.25) is 0 Å². The van der Waals surface area contributed by atoms with Gasteiger partial charge < -0.3 is 9.64 Å². The maximum absolute atomic E-state index is 6.09. The van der Waals surface area contributed by atoms with Gasteiger partial charge in [-0.15, -0.1) is 0 Å². The number of ether oxygens (including phenoxy) is 1. The van der Waals surface area contributed by atoms with Gasteiger partial charge in [-0.25, -0.2) is 0 Å². The van der Waals surface area contributed by atoms with E-state index in [4.69, 9.17) is 4.74 Å². The molecule has 0 saturated carbocycles. The van der Waals surface area contributed by atoms with Gasteiger partial charge in [-0.2, -0.15) is 0 Å². The van der Waals surface area contributed by atoms with Crippen LogP contribution in [0.15, 0.2) is 78.9 Å². The third-order valence-electron chi connectivity index (χ3n) is 6.82. The smallest absolute Gasteiger partial charge is 0.119 e. The van der Waals surface area contributed by atoms with Gasteiger partial charge in [-0.05, 0) is 115 Å². The average molecular weight is 610 g/mol. The molecule has 2 nitrogen and oxygen atoms in total. The van der Waals surface area contributed by atoms with Gasteiger partial charge in [0, 0.05) is 3.57 Å². The zero-order valence-electron chi connectivity index (χ0n) is 23.0. The van der Waals surface area contributed by atoms with E-state index < -0.39 is 0 Å². The van der Waals surface area contributed by atoms with Crippen LogP contribution in [0.4, 0.5) is 0 Å². The second-order valence-corrected chi connectivity index (χ2v) is 11.3. The van der Waals surface area contributed by atoms with E-state index in [1.165, 1.54) is 82.9 Å². The van der Waals surface area contributed by atoms with E-state index in [0.717, 1.165) is 25.2 Å². The Labute approximate surface area is 239 Å². The topological polar surface area (TPSA) is 12.5 Å². The van der Waals surface area contributed by atoms with E-state index in [2.05, 4.69) is 127 Å². The molecular formula is C34H44INO. The Morgan fingerprint density at radius 1 is 0.649 bits per heavy atom. The summed E-state index contributed by atoms with van der Waals surface area (Å²) in [7, 11) is 4.31. The molecule has 3 aromatic carbocycles. The van der Waals surface area contributed by atoms with Crippen LogP contribution in [0, 0.1) is 3.57 Å². The molecule has 0 aliphatic rings. The van der Waals surface area contributed by atoms with Gasteiger partial charge in [0.25, 0.3) is 0 Å². The monoisotopic (exact) mass is 609 g/mol. The quantitative estimate of drug-likeness (QED) is 0.0911. The van der Waals surface area contributed by atoms with Crippen molar-refractivity contribution in [3.63, 3.8) is 0 Å². The van der Waals surface area contributed by atoms with Crippen molar-refractivity contribution in [2.75, 3.05) is 27.2 Å². The van der Waals surface area contributed by atoms with E-state index in [0.29, 0.717) is 0 Å². The van der Waals surface area contributed by atoms with Crippen molar-refractivity contribution >= 4 is 33.7 Å². The molecule has 0 aliphatic carbocycles. The van der Waals surface area contributed by atoms with Crippen molar-refractivity contribution in [2.45, 2.75) is 64.7 Å². The molecule has 0 aromatic heterocycles. The number of benzene rings is 3. The summed E-state index contributed by atoms with van der Waals surface area (Å²) in [5.74, 6) is 0.962. The molecule has 0 unspecified atom stereocenters. The summed E-state index contributed by atoms with van der Waals surface area (Å²) in [6.07, 6.45) is 11.5. The third-order valence-corrected chi connectivity index (χ3v) is 7.54. The van der Waals surface area contributed by atoms with Gasteiger partial charge >= 0.3 is 0 Å². The van der Waals surface area contributed by atoms with Gasteiger partial charge in [0.05, 0.1) is 6.61 Å². The lowest BCUT2D eigenvalue weighted by Gasteiger charge is -2.17. The first-order valence-corrected chi connectivity index (χ1v) is 15.1. The van der Waals surface area contributed by atoms with E-state index in [9.17, 15) is 0 Å². The highest BCUT2D eigenvalue weighted by Gasteiger charge is 2.13. The summed E-state index contributed by atoms with van der Waals surface area (Å²) in [5, 5.41) is 0. The van der Waals surface area contributed by atoms with Gasteiger partial charge in [-0.3, -0.25) is 0 Å². The molecule has 0 fully saturated rings. The predicted octanol–water partition coefficient (Wildman–Crippen LogP) is 9.72. The molecule has 0 bridgehead atoms. The first-order valence-electron chi connectivity index (χ1n) is 14.0. The first-order chi connectivity index (χ1) is 18.1. The highest BCUT2D eigenvalue weighted by molar-refractivity contribution is 14.1. The summed E-state index contributed by atoms with van der Waals surface area (Å²) < 4.78 is 7.35. The fraction of sp³-hybridized carbons (Fsp3) is 0.412. The lowest BCUT2D eigenvalue weighted by atomic mass is 9.88. The molecule has 198 valence electrons. The molecule has 0 heterocycles. The second kappa shape index (κ2) is 16.7. The molecule has 3 aromatic rings. The Bertz CT molecular complexity index is 1060. The number of halogens is 1. The fourth-order valence-electron chi connectivity index (χ4n) is 4.79. The molecule has 0 atom stereocenters. The minimum absolute atomic E-state index is 0.798. The maximum atomic E-state index is 6.09. The van der Waals surface area contributed by atoms with E-state index in [1.54, 1.807) is 0 Å². The third kappa shape index (κ3) is 10.3. The lowest BCUT2D eigenvalue weighted by Crippen LogP contribution is -2.12. The summed E-state index contributed by atoms with van der Waals surface area (Å²) in [6, 6.07) is 28.3. The van der Waals surface area contributed by atoms with E-state index in [1.807, 2.05) is 0 Å². The Morgan fingerprint density at radius 3 is 1.76 bits per heavy atom. The average Bonchev–Trinajstić information content (AvgIpc) is 2.92. The summed E-state index contributed by atoms with van der Waals surface area (Å²) in [4.78, 5) is 2.28. The van der Waals surface area contributed by atoms with Crippen molar-refractivity contribution < 1.29 is 4.74 Å². The van der Waals surface area contributed by atoms with Crippen LogP contribution < -0.4 is 4.74 Å². The van der Waals surface area contributed by atoms with Crippen molar-refractivity contribution in [3.8, 4) is 5.75 Å². The predicted molar refractivity (Wildman–Crippen MR) is 169 cm³/mol. The molecule has 3 rings (SSSR count). The van der Waals surface area contributed by atoms with Gasteiger partial charge in [0.15, 0.2) is 0 Å². The Hall–Kier alpha value is -2.11. The normalized spacial score (nSPS) is 12.0. The van der Waals surface area contributed by atoms with Crippen molar-refractivity contribution in [1.82, 2.24) is 4.90 Å². The second-order valence-electron chi connectivity index (χ2n) is 10.1. The largest absolute Gasteiger partial charge is 0.494 e. The lowest BCUT2D eigenvalue weighted by molar-refractivity contribution is 0.304. The van der Waals surface area contributed by atoms with Gasteiger partial charge in [-0.1, -0.05) is 100 Å². The molecular weight excluding hydrogens is 565 g/mol. The van der Waals surface area contributed by atoms with Crippen LogP contribution in [0.25, 0.3) is 11.1 Å². The molecule has 0 radical (unpaired) electrons. The van der Waals surface area contributed by atoms with Crippen LogP contribution in [-0.4, -0.2) is 32.1 Å². The van der Waals surface area contributed by atoms with Gasteiger partial charge in [0.1, 0.15) is 5.75 Å². The number of allylic oxidation sites excluding steroid dienone is 1. The van der Waals surface area contributed by atoms with Crippen LogP contribution in [-0.2, 0) is 0 Å². The number of hydrogen-bond acceptors (Lipinski definition) is 2. The van der Waals surface area contributed by atoms with Crippen LogP contribution in [0.5, 0.6) is 5.75 Å².